The lowest BCUT2D eigenvalue weighted by Gasteiger charge is -2.17. The highest BCUT2D eigenvalue weighted by Gasteiger charge is 2.13. The molecule has 2 heterocycles. The molecule has 5 heteroatoms. The number of carbonyl (C=O) groups is 1. The van der Waals surface area contributed by atoms with Gasteiger partial charge in [0.2, 0.25) is 0 Å². The summed E-state index contributed by atoms with van der Waals surface area (Å²) in [5.41, 5.74) is 2.38. The third kappa shape index (κ3) is 5.48. The summed E-state index contributed by atoms with van der Waals surface area (Å²) >= 11 is 0. The number of carbonyl (C=O) groups excluding carboxylic acids is 1. The van der Waals surface area contributed by atoms with Crippen molar-refractivity contribution in [2.24, 2.45) is 0 Å². The maximum Gasteiger partial charge on any atom is 0.315 e. The number of hydrogen-bond donors (Lipinski definition) is 2. The molecule has 2 aromatic rings. The van der Waals surface area contributed by atoms with Crippen molar-refractivity contribution in [3.05, 3.63) is 59.8 Å². The maximum absolute atomic E-state index is 11.9. The summed E-state index contributed by atoms with van der Waals surface area (Å²) in [6, 6.07) is 14.2. The zero-order valence-electron chi connectivity index (χ0n) is 14.6. The van der Waals surface area contributed by atoms with Crippen LogP contribution in [-0.2, 0) is 13.0 Å². The Hall–Kier alpha value is -2.56. The van der Waals surface area contributed by atoms with Crippen molar-refractivity contribution < 1.29 is 4.79 Å². The monoisotopic (exact) mass is 338 g/mol. The van der Waals surface area contributed by atoms with E-state index in [1.165, 1.54) is 18.4 Å². The van der Waals surface area contributed by atoms with Crippen LogP contribution in [0, 0.1) is 0 Å². The number of urea groups is 1. The van der Waals surface area contributed by atoms with Gasteiger partial charge in [0.05, 0.1) is 0 Å². The van der Waals surface area contributed by atoms with Gasteiger partial charge < -0.3 is 15.5 Å². The number of anilines is 1. The second-order valence-electron chi connectivity index (χ2n) is 6.42. The summed E-state index contributed by atoms with van der Waals surface area (Å²) in [7, 11) is 0. The summed E-state index contributed by atoms with van der Waals surface area (Å²) < 4.78 is 0. The third-order valence-electron chi connectivity index (χ3n) is 4.46. The third-order valence-corrected chi connectivity index (χ3v) is 4.46. The van der Waals surface area contributed by atoms with Crippen molar-refractivity contribution in [3.8, 4) is 0 Å². The molecule has 0 radical (unpaired) electrons. The first-order valence-corrected chi connectivity index (χ1v) is 9.07. The van der Waals surface area contributed by atoms with Crippen LogP contribution in [-0.4, -0.2) is 30.6 Å². The van der Waals surface area contributed by atoms with Gasteiger partial charge in [-0.05, 0) is 48.9 Å². The van der Waals surface area contributed by atoms with Crippen molar-refractivity contribution >= 4 is 11.8 Å². The molecule has 1 aromatic carbocycles. The van der Waals surface area contributed by atoms with E-state index in [2.05, 4.69) is 38.7 Å². The Morgan fingerprint density at radius 2 is 1.84 bits per heavy atom. The number of benzene rings is 1. The van der Waals surface area contributed by atoms with Crippen LogP contribution < -0.4 is 15.5 Å². The van der Waals surface area contributed by atoms with Gasteiger partial charge >= 0.3 is 6.03 Å². The van der Waals surface area contributed by atoms with E-state index in [-0.39, 0.29) is 6.03 Å². The number of aromatic nitrogens is 1. The number of nitrogens with one attached hydrogen (secondary N) is 2. The second-order valence-corrected chi connectivity index (χ2v) is 6.42. The molecule has 0 unspecified atom stereocenters. The Morgan fingerprint density at radius 1 is 1.04 bits per heavy atom. The van der Waals surface area contributed by atoms with Crippen LogP contribution in [0.25, 0.3) is 0 Å². The van der Waals surface area contributed by atoms with E-state index in [0.717, 1.165) is 37.3 Å². The molecule has 0 saturated carbocycles. The van der Waals surface area contributed by atoms with Gasteiger partial charge in [0, 0.05) is 32.4 Å². The molecular weight excluding hydrogens is 312 g/mol. The first-order valence-electron chi connectivity index (χ1n) is 9.07. The number of amides is 2. The van der Waals surface area contributed by atoms with Crippen LogP contribution in [0.4, 0.5) is 10.6 Å². The fourth-order valence-corrected chi connectivity index (χ4v) is 3.07. The molecule has 0 atom stereocenters. The number of rotatable bonds is 7. The molecule has 3 rings (SSSR count). The van der Waals surface area contributed by atoms with Crippen molar-refractivity contribution in [3.63, 3.8) is 0 Å². The number of nitrogens with zero attached hydrogens (tertiary/aromatic N) is 2. The Balaban J connectivity index is 1.36. The molecule has 0 spiro atoms. The average Bonchev–Trinajstić information content (AvgIpc) is 3.19. The van der Waals surface area contributed by atoms with Crippen LogP contribution in [0.5, 0.6) is 0 Å². The van der Waals surface area contributed by atoms with Gasteiger partial charge in [-0.25, -0.2) is 9.78 Å². The Kier molecular flexibility index (Phi) is 6.26. The van der Waals surface area contributed by atoms with Crippen molar-refractivity contribution in [2.75, 3.05) is 24.5 Å². The molecule has 5 nitrogen and oxygen atoms in total. The molecule has 1 aromatic heterocycles. The Morgan fingerprint density at radius 3 is 2.64 bits per heavy atom. The minimum absolute atomic E-state index is 0.118. The summed E-state index contributed by atoms with van der Waals surface area (Å²) in [6.45, 7) is 3.35. The molecule has 1 aliphatic heterocycles. The summed E-state index contributed by atoms with van der Waals surface area (Å²) in [5.74, 6) is 1.01. The minimum atomic E-state index is -0.118. The lowest BCUT2D eigenvalue weighted by atomic mass is 10.1. The molecule has 2 amide bonds. The highest BCUT2D eigenvalue weighted by molar-refractivity contribution is 5.73. The van der Waals surface area contributed by atoms with Gasteiger partial charge in [-0.2, -0.15) is 0 Å². The highest BCUT2D eigenvalue weighted by Crippen LogP contribution is 2.18. The summed E-state index contributed by atoms with van der Waals surface area (Å²) in [4.78, 5) is 18.7. The molecule has 1 aliphatic rings. The molecule has 132 valence electrons. The first-order chi connectivity index (χ1) is 12.3. The Labute approximate surface area is 149 Å². The van der Waals surface area contributed by atoms with E-state index >= 15 is 0 Å². The van der Waals surface area contributed by atoms with Gasteiger partial charge in [-0.1, -0.05) is 30.3 Å². The van der Waals surface area contributed by atoms with Gasteiger partial charge in [0.15, 0.2) is 0 Å². The fraction of sp³-hybridized carbons (Fsp3) is 0.400. The first kappa shape index (κ1) is 17.3. The quantitative estimate of drug-likeness (QED) is 0.763. The SMILES string of the molecule is O=C(NCCCc1ccccc1)NCc1ccnc(N2CCCC2)c1. The van der Waals surface area contributed by atoms with Crippen LogP contribution in [0.1, 0.15) is 30.4 Å². The van der Waals surface area contributed by atoms with E-state index in [1.807, 2.05) is 30.5 Å². The van der Waals surface area contributed by atoms with Crippen LogP contribution >= 0.6 is 0 Å². The highest BCUT2D eigenvalue weighted by atomic mass is 16.2. The zero-order chi connectivity index (χ0) is 17.3. The van der Waals surface area contributed by atoms with Crippen LogP contribution in [0.3, 0.4) is 0 Å². The van der Waals surface area contributed by atoms with Gasteiger partial charge in [-0.3, -0.25) is 0 Å². The molecule has 25 heavy (non-hydrogen) atoms. The molecule has 1 fully saturated rings. The smallest absolute Gasteiger partial charge is 0.315 e. The Bertz CT molecular complexity index is 668. The lowest BCUT2D eigenvalue weighted by molar-refractivity contribution is 0.240. The fourth-order valence-electron chi connectivity index (χ4n) is 3.07. The van der Waals surface area contributed by atoms with E-state index < -0.39 is 0 Å². The normalized spacial score (nSPS) is 13.7. The van der Waals surface area contributed by atoms with Crippen molar-refractivity contribution in [1.82, 2.24) is 15.6 Å². The zero-order valence-corrected chi connectivity index (χ0v) is 14.6. The molecule has 2 N–H and O–H groups in total. The topological polar surface area (TPSA) is 57.3 Å². The second kappa shape index (κ2) is 9.06. The minimum Gasteiger partial charge on any atom is -0.357 e. The largest absolute Gasteiger partial charge is 0.357 e. The lowest BCUT2D eigenvalue weighted by Crippen LogP contribution is -2.35. The maximum atomic E-state index is 11.9. The van der Waals surface area contributed by atoms with Crippen molar-refractivity contribution in [1.29, 1.82) is 0 Å². The molecule has 0 bridgehead atoms. The number of hydrogen-bond acceptors (Lipinski definition) is 3. The predicted molar refractivity (Wildman–Crippen MR) is 101 cm³/mol. The summed E-state index contributed by atoms with van der Waals surface area (Å²) in [6.07, 6.45) is 6.20. The van der Waals surface area contributed by atoms with Crippen LogP contribution in [0.15, 0.2) is 48.7 Å². The van der Waals surface area contributed by atoms with Gasteiger partial charge in [0.1, 0.15) is 5.82 Å². The number of pyridine rings is 1. The number of aryl methyl sites for hydroxylation is 1. The summed E-state index contributed by atoms with van der Waals surface area (Å²) in [5, 5.41) is 5.84. The van der Waals surface area contributed by atoms with Gasteiger partial charge in [0.25, 0.3) is 0 Å². The molecular formula is C20H26N4O. The van der Waals surface area contributed by atoms with Crippen molar-refractivity contribution in [2.45, 2.75) is 32.2 Å². The van der Waals surface area contributed by atoms with E-state index in [9.17, 15) is 4.79 Å². The predicted octanol–water partition coefficient (Wildman–Crippen LogP) is 3.11. The molecule has 1 saturated heterocycles. The van der Waals surface area contributed by atoms with Gasteiger partial charge in [-0.15, -0.1) is 0 Å². The molecule has 0 aliphatic carbocycles. The standard InChI is InChI=1S/C20H26N4O/c25-20(22-11-6-9-17-7-2-1-3-8-17)23-16-18-10-12-21-19(15-18)24-13-4-5-14-24/h1-3,7-8,10,12,15H,4-6,9,11,13-14,16H2,(H2,22,23,25). The van der Waals surface area contributed by atoms with E-state index in [4.69, 9.17) is 0 Å². The van der Waals surface area contributed by atoms with E-state index in [0.29, 0.717) is 13.1 Å². The van der Waals surface area contributed by atoms with Crippen LogP contribution in [0.2, 0.25) is 0 Å². The van der Waals surface area contributed by atoms with E-state index in [1.54, 1.807) is 0 Å². The average molecular weight is 338 g/mol.